The van der Waals surface area contributed by atoms with E-state index in [1.54, 1.807) is 0 Å². The van der Waals surface area contributed by atoms with Crippen LogP contribution in [0.3, 0.4) is 0 Å². The summed E-state index contributed by atoms with van der Waals surface area (Å²) >= 11 is 0. The van der Waals surface area contributed by atoms with Gasteiger partial charge in [0.05, 0.1) is 0 Å². The number of hydrogen-bond acceptors (Lipinski definition) is 3. The van der Waals surface area contributed by atoms with Gasteiger partial charge in [-0.25, -0.2) is 0 Å². The highest BCUT2D eigenvalue weighted by Crippen LogP contribution is 2.03. The highest BCUT2D eigenvalue weighted by Gasteiger charge is 2.17. The molecule has 0 amide bonds. The molecule has 0 aromatic carbocycles. The van der Waals surface area contributed by atoms with E-state index in [2.05, 4.69) is 36.0 Å². The molecule has 14 heavy (non-hydrogen) atoms. The van der Waals surface area contributed by atoms with E-state index in [1.165, 1.54) is 45.7 Å². The molecule has 1 aliphatic heterocycles. The minimum atomic E-state index is 0.670. The number of rotatable bonds is 5. The molecule has 84 valence electrons. The lowest BCUT2D eigenvalue weighted by molar-refractivity contribution is 0.127. The van der Waals surface area contributed by atoms with Crippen LogP contribution in [0.2, 0.25) is 0 Å². The first-order valence-electron chi connectivity index (χ1n) is 5.92. The summed E-state index contributed by atoms with van der Waals surface area (Å²) in [7, 11) is 2.07. The molecule has 1 N–H and O–H groups in total. The number of hydrogen-bond donors (Lipinski definition) is 1. The normalized spacial score (nSPS) is 22.5. The molecule has 1 heterocycles. The van der Waals surface area contributed by atoms with Gasteiger partial charge in [-0.2, -0.15) is 0 Å². The number of nitrogens with one attached hydrogen (secondary N) is 1. The average molecular weight is 199 g/mol. The van der Waals surface area contributed by atoms with Crippen LogP contribution in [0.5, 0.6) is 0 Å². The molecule has 0 aromatic heterocycles. The van der Waals surface area contributed by atoms with Gasteiger partial charge in [0.15, 0.2) is 0 Å². The summed E-state index contributed by atoms with van der Waals surface area (Å²) in [5.41, 5.74) is 0. The molecule has 0 radical (unpaired) electrons. The Morgan fingerprint density at radius 1 is 1.07 bits per heavy atom. The van der Waals surface area contributed by atoms with Gasteiger partial charge in [-0.05, 0) is 20.0 Å². The van der Waals surface area contributed by atoms with Gasteiger partial charge in [0.25, 0.3) is 0 Å². The minimum Gasteiger partial charge on any atom is -0.316 e. The highest BCUT2D eigenvalue weighted by atomic mass is 15.3. The summed E-state index contributed by atoms with van der Waals surface area (Å²) in [6.07, 6.45) is 1.23. The van der Waals surface area contributed by atoms with Crippen LogP contribution in [0.1, 0.15) is 20.3 Å². The Hall–Kier alpha value is -0.120. The molecule has 0 bridgehead atoms. The van der Waals surface area contributed by atoms with E-state index in [1.807, 2.05) is 0 Å². The lowest BCUT2D eigenvalue weighted by Gasteiger charge is -2.35. The number of piperazine rings is 1. The largest absolute Gasteiger partial charge is 0.316 e. The van der Waals surface area contributed by atoms with E-state index < -0.39 is 0 Å². The predicted octanol–water partition coefficient (Wildman–Crippen LogP) is 0.622. The van der Waals surface area contributed by atoms with Gasteiger partial charge in [-0.15, -0.1) is 0 Å². The zero-order valence-electron chi connectivity index (χ0n) is 9.92. The molecule has 1 rings (SSSR count). The van der Waals surface area contributed by atoms with Gasteiger partial charge in [0.1, 0.15) is 0 Å². The van der Waals surface area contributed by atoms with Gasteiger partial charge in [0.2, 0.25) is 0 Å². The molecule has 0 aromatic rings. The van der Waals surface area contributed by atoms with Crippen LogP contribution < -0.4 is 5.32 Å². The van der Waals surface area contributed by atoms with Crippen molar-refractivity contribution >= 4 is 0 Å². The van der Waals surface area contributed by atoms with Gasteiger partial charge in [-0.1, -0.05) is 13.8 Å². The molecule has 1 aliphatic rings. The fourth-order valence-corrected chi connectivity index (χ4v) is 2.02. The zero-order chi connectivity index (χ0) is 10.4. The SMILES string of the molecule is CCC(CN1CCN(CC)CC1)NC. The second-order valence-corrected chi connectivity index (χ2v) is 4.13. The van der Waals surface area contributed by atoms with Crippen LogP contribution >= 0.6 is 0 Å². The summed E-state index contributed by atoms with van der Waals surface area (Å²) in [5, 5.41) is 3.37. The third-order valence-electron chi connectivity index (χ3n) is 3.29. The standard InChI is InChI=1S/C11H25N3/c1-4-11(12-3)10-14-8-6-13(5-2)7-9-14/h11-12H,4-10H2,1-3H3. The molecule has 1 fully saturated rings. The monoisotopic (exact) mass is 199 g/mol. The van der Waals surface area contributed by atoms with Gasteiger partial charge in [-0.3, -0.25) is 4.90 Å². The van der Waals surface area contributed by atoms with E-state index in [4.69, 9.17) is 0 Å². The van der Waals surface area contributed by atoms with Crippen molar-refractivity contribution in [2.75, 3.05) is 46.3 Å². The lowest BCUT2D eigenvalue weighted by Crippen LogP contribution is -2.50. The van der Waals surface area contributed by atoms with E-state index in [0.29, 0.717) is 6.04 Å². The van der Waals surface area contributed by atoms with Crippen LogP contribution in [0, 0.1) is 0 Å². The van der Waals surface area contributed by atoms with Crippen LogP contribution in [-0.4, -0.2) is 62.2 Å². The topological polar surface area (TPSA) is 18.5 Å². The first-order valence-corrected chi connectivity index (χ1v) is 5.92. The molecular formula is C11H25N3. The maximum absolute atomic E-state index is 3.37. The second kappa shape index (κ2) is 6.38. The van der Waals surface area contributed by atoms with Gasteiger partial charge < -0.3 is 10.2 Å². The Morgan fingerprint density at radius 2 is 1.64 bits per heavy atom. The predicted molar refractivity (Wildman–Crippen MR) is 61.7 cm³/mol. The van der Waals surface area contributed by atoms with E-state index in [-0.39, 0.29) is 0 Å². The summed E-state index contributed by atoms with van der Waals surface area (Å²) in [4.78, 5) is 5.10. The van der Waals surface area contributed by atoms with Crippen molar-refractivity contribution in [2.24, 2.45) is 0 Å². The maximum atomic E-state index is 3.37. The Labute approximate surface area is 88.5 Å². The third-order valence-corrected chi connectivity index (χ3v) is 3.29. The molecule has 0 saturated carbocycles. The fraction of sp³-hybridized carbons (Fsp3) is 1.00. The molecule has 1 saturated heterocycles. The summed E-state index contributed by atoms with van der Waals surface area (Å²) < 4.78 is 0. The van der Waals surface area contributed by atoms with Gasteiger partial charge in [0, 0.05) is 38.8 Å². The van der Waals surface area contributed by atoms with Crippen LogP contribution in [0.15, 0.2) is 0 Å². The Kier molecular flexibility index (Phi) is 5.45. The summed E-state index contributed by atoms with van der Waals surface area (Å²) in [6, 6.07) is 0.670. The molecule has 0 spiro atoms. The minimum absolute atomic E-state index is 0.670. The van der Waals surface area contributed by atoms with Crippen molar-refractivity contribution in [3.63, 3.8) is 0 Å². The van der Waals surface area contributed by atoms with E-state index in [0.717, 1.165) is 0 Å². The van der Waals surface area contributed by atoms with Crippen molar-refractivity contribution in [2.45, 2.75) is 26.3 Å². The first-order chi connectivity index (χ1) is 6.80. The lowest BCUT2D eigenvalue weighted by atomic mass is 10.2. The molecule has 0 aliphatic carbocycles. The molecule has 1 atom stereocenters. The Morgan fingerprint density at radius 3 is 2.07 bits per heavy atom. The Bertz CT molecular complexity index is 137. The summed E-state index contributed by atoms with van der Waals surface area (Å²) in [5.74, 6) is 0. The van der Waals surface area contributed by atoms with Crippen molar-refractivity contribution in [3.8, 4) is 0 Å². The zero-order valence-corrected chi connectivity index (χ0v) is 9.92. The maximum Gasteiger partial charge on any atom is 0.0189 e. The average Bonchev–Trinajstić information content (AvgIpc) is 2.26. The second-order valence-electron chi connectivity index (χ2n) is 4.13. The van der Waals surface area contributed by atoms with Crippen LogP contribution in [0.25, 0.3) is 0 Å². The summed E-state index contributed by atoms with van der Waals surface area (Å²) in [6.45, 7) is 11.9. The van der Waals surface area contributed by atoms with Crippen LogP contribution in [0.4, 0.5) is 0 Å². The van der Waals surface area contributed by atoms with Gasteiger partial charge >= 0.3 is 0 Å². The molecule has 3 nitrogen and oxygen atoms in total. The molecule has 3 heteroatoms. The highest BCUT2D eigenvalue weighted by molar-refractivity contribution is 4.75. The molecule has 1 unspecified atom stereocenters. The quantitative estimate of drug-likeness (QED) is 0.700. The van der Waals surface area contributed by atoms with Crippen molar-refractivity contribution in [3.05, 3.63) is 0 Å². The van der Waals surface area contributed by atoms with Crippen molar-refractivity contribution in [1.82, 2.24) is 15.1 Å². The number of nitrogens with zero attached hydrogens (tertiary/aromatic N) is 2. The fourth-order valence-electron chi connectivity index (χ4n) is 2.02. The van der Waals surface area contributed by atoms with Crippen molar-refractivity contribution < 1.29 is 0 Å². The Balaban J connectivity index is 2.21. The number of likely N-dealkylation sites (N-methyl/N-ethyl adjacent to an activating group) is 2. The molecular weight excluding hydrogens is 174 g/mol. The smallest absolute Gasteiger partial charge is 0.0189 e. The van der Waals surface area contributed by atoms with Crippen molar-refractivity contribution in [1.29, 1.82) is 0 Å². The third kappa shape index (κ3) is 3.56. The van der Waals surface area contributed by atoms with E-state index in [9.17, 15) is 0 Å². The first kappa shape index (κ1) is 12.0. The van der Waals surface area contributed by atoms with Crippen LogP contribution in [-0.2, 0) is 0 Å². The van der Waals surface area contributed by atoms with E-state index >= 15 is 0 Å².